The molecule has 0 aliphatic carbocycles. The molecule has 130 valence electrons. The topological polar surface area (TPSA) is 75.0 Å². The third-order valence-electron chi connectivity index (χ3n) is 3.83. The molecule has 0 aliphatic heterocycles. The molecule has 1 N–H and O–H groups in total. The molecule has 0 fully saturated rings. The van der Waals surface area contributed by atoms with E-state index in [9.17, 15) is 4.79 Å². The molecule has 1 heterocycles. The third-order valence-corrected chi connectivity index (χ3v) is 4.58. The number of rotatable bonds is 5. The number of hydrogen-bond donors (Lipinski definition) is 1. The van der Waals surface area contributed by atoms with Gasteiger partial charge in [-0.3, -0.25) is 0 Å². The highest BCUT2D eigenvalue weighted by Crippen LogP contribution is 2.29. The van der Waals surface area contributed by atoms with Crippen LogP contribution in [-0.2, 0) is 4.74 Å². The molecule has 26 heavy (non-hydrogen) atoms. The monoisotopic (exact) mass is 363 g/mol. The quantitative estimate of drug-likeness (QED) is 0.652. The van der Waals surface area contributed by atoms with Crippen LogP contribution in [0.25, 0.3) is 11.1 Å². The highest BCUT2D eigenvalue weighted by molar-refractivity contribution is 7.06. The van der Waals surface area contributed by atoms with Gasteiger partial charge in [0.15, 0.2) is 5.69 Å². The largest absolute Gasteiger partial charge is 0.461 e. The Labute approximate surface area is 156 Å². The van der Waals surface area contributed by atoms with E-state index in [1.54, 1.807) is 19.1 Å². The Morgan fingerprint density at radius 2 is 1.77 bits per heavy atom. The van der Waals surface area contributed by atoms with Crippen LogP contribution in [0.3, 0.4) is 0 Å². The first-order chi connectivity index (χ1) is 12.6. The molecule has 0 spiro atoms. The number of carbonyl (C=O) groups is 1. The molecular formula is C20H17N3O2S. The normalized spacial score (nSPS) is 10.2. The smallest absolute Gasteiger partial charge is 0.360 e. The van der Waals surface area contributed by atoms with Crippen LogP contribution in [0.2, 0.25) is 0 Å². The van der Waals surface area contributed by atoms with E-state index < -0.39 is 5.97 Å². The molecule has 0 amide bonds. The summed E-state index contributed by atoms with van der Waals surface area (Å²) in [6, 6.07) is 17.4. The molecule has 6 heteroatoms. The minimum atomic E-state index is -0.423. The van der Waals surface area contributed by atoms with Gasteiger partial charge in [-0.05, 0) is 60.8 Å². The number of anilines is 2. The number of ether oxygens (including phenoxy) is 1. The summed E-state index contributed by atoms with van der Waals surface area (Å²) < 4.78 is 9.25. The summed E-state index contributed by atoms with van der Waals surface area (Å²) in [5, 5.41) is 12.1. The number of esters is 1. The lowest BCUT2D eigenvalue weighted by atomic mass is 10.0. The molecular weight excluding hydrogens is 346 g/mol. The Balaban J connectivity index is 1.81. The lowest BCUT2D eigenvalue weighted by Gasteiger charge is -2.09. The van der Waals surface area contributed by atoms with Gasteiger partial charge in [0.25, 0.3) is 0 Å². The number of carbonyl (C=O) groups excluding carboxylic acids is 1. The number of hydrogen-bond acceptors (Lipinski definition) is 6. The average Bonchev–Trinajstić information content (AvgIpc) is 3.03. The van der Waals surface area contributed by atoms with Crippen molar-refractivity contribution in [2.24, 2.45) is 0 Å². The molecule has 0 radical (unpaired) electrons. The zero-order valence-corrected chi connectivity index (χ0v) is 15.3. The summed E-state index contributed by atoms with van der Waals surface area (Å²) >= 11 is 1.27. The number of nitrogens with zero attached hydrogens (tertiary/aromatic N) is 2. The molecule has 0 unspecified atom stereocenters. The maximum Gasteiger partial charge on any atom is 0.360 e. The van der Waals surface area contributed by atoms with Crippen LogP contribution < -0.4 is 5.32 Å². The van der Waals surface area contributed by atoms with E-state index in [0.29, 0.717) is 23.6 Å². The van der Waals surface area contributed by atoms with Gasteiger partial charge in [0.05, 0.1) is 23.9 Å². The Hall–Kier alpha value is -3.17. The zero-order chi connectivity index (χ0) is 18.5. The van der Waals surface area contributed by atoms with E-state index in [0.717, 1.165) is 21.7 Å². The van der Waals surface area contributed by atoms with Crippen LogP contribution in [0.5, 0.6) is 0 Å². The Morgan fingerprint density at radius 3 is 2.35 bits per heavy atom. The van der Waals surface area contributed by atoms with Gasteiger partial charge in [0.2, 0.25) is 0 Å². The van der Waals surface area contributed by atoms with Crippen LogP contribution in [0, 0.1) is 18.3 Å². The van der Waals surface area contributed by atoms with E-state index in [1.807, 2.05) is 43.3 Å². The van der Waals surface area contributed by atoms with Crippen LogP contribution in [-0.4, -0.2) is 16.9 Å². The van der Waals surface area contributed by atoms with Crippen molar-refractivity contribution >= 4 is 28.9 Å². The van der Waals surface area contributed by atoms with Gasteiger partial charge >= 0.3 is 5.97 Å². The lowest BCUT2D eigenvalue weighted by Crippen LogP contribution is -2.07. The Bertz CT molecular complexity index is 954. The van der Waals surface area contributed by atoms with Crippen molar-refractivity contribution in [2.75, 3.05) is 11.9 Å². The Morgan fingerprint density at radius 1 is 1.15 bits per heavy atom. The minimum Gasteiger partial charge on any atom is -0.461 e. The summed E-state index contributed by atoms with van der Waals surface area (Å²) in [6.45, 7) is 3.99. The maximum absolute atomic E-state index is 12.0. The highest BCUT2D eigenvalue weighted by atomic mass is 32.1. The fourth-order valence-electron chi connectivity index (χ4n) is 2.49. The van der Waals surface area contributed by atoms with E-state index in [4.69, 9.17) is 10.00 Å². The third kappa shape index (κ3) is 3.73. The number of benzene rings is 2. The summed E-state index contributed by atoms with van der Waals surface area (Å²) in [7, 11) is 0. The van der Waals surface area contributed by atoms with Gasteiger partial charge in [-0.15, -0.1) is 0 Å². The molecule has 0 bridgehead atoms. The number of aromatic nitrogens is 1. The van der Waals surface area contributed by atoms with Crippen LogP contribution in [0.4, 0.5) is 11.4 Å². The van der Waals surface area contributed by atoms with Crippen LogP contribution >= 0.6 is 11.5 Å². The number of nitriles is 1. The fraction of sp³-hybridized carbons (Fsp3) is 0.150. The summed E-state index contributed by atoms with van der Waals surface area (Å²) in [4.78, 5) is 12.9. The van der Waals surface area contributed by atoms with Crippen molar-refractivity contribution in [3.63, 3.8) is 0 Å². The van der Waals surface area contributed by atoms with Crippen molar-refractivity contribution in [2.45, 2.75) is 13.8 Å². The summed E-state index contributed by atoms with van der Waals surface area (Å²) in [6.07, 6.45) is 0. The minimum absolute atomic E-state index is 0.311. The van der Waals surface area contributed by atoms with Crippen molar-refractivity contribution in [1.82, 2.24) is 4.37 Å². The predicted molar refractivity (Wildman–Crippen MR) is 103 cm³/mol. The fourth-order valence-corrected chi connectivity index (χ4v) is 3.12. The van der Waals surface area contributed by atoms with Crippen molar-refractivity contribution in [3.05, 3.63) is 64.7 Å². The molecule has 3 aromatic rings. The van der Waals surface area contributed by atoms with Crippen molar-refractivity contribution in [1.29, 1.82) is 5.26 Å². The molecule has 5 nitrogen and oxygen atoms in total. The molecule has 0 saturated heterocycles. The van der Waals surface area contributed by atoms with Gasteiger partial charge in [0.1, 0.15) is 0 Å². The van der Waals surface area contributed by atoms with Gasteiger partial charge in [-0.25, -0.2) is 4.79 Å². The highest BCUT2D eigenvalue weighted by Gasteiger charge is 2.19. The van der Waals surface area contributed by atoms with E-state index >= 15 is 0 Å². The molecule has 0 saturated carbocycles. The van der Waals surface area contributed by atoms with Gasteiger partial charge in [0, 0.05) is 10.6 Å². The molecule has 3 rings (SSSR count). The summed E-state index contributed by atoms with van der Waals surface area (Å²) in [5.41, 5.74) is 4.57. The van der Waals surface area contributed by atoms with Gasteiger partial charge in [-0.1, -0.05) is 24.3 Å². The molecule has 0 atom stereocenters. The van der Waals surface area contributed by atoms with Gasteiger partial charge < -0.3 is 10.1 Å². The van der Waals surface area contributed by atoms with E-state index in [2.05, 4.69) is 15.8 Å². The second-order valence-electron chi connectivity index (χ2n) is 5.57. The lowest BCUT2D eigenvalue weighted by molar-refractivity contribution is 0.0522. The molecule has 1 aromatic heterocycles. The van der Waals surface area contributed by atoms with Crippen molar-refractivity contribution in [3.8, 4) is 17.2 Å². The standard InChI is InChI=1S/C20H17N3O2S/c1-3-25-20(24)19-18(13(2)26-23-19)22-17-10-8-16(9-11-17)15-6-4-14(12-21)5-7-15/h4-11,22H,3H2,1-2H3. The predicted octanol–water partition coefficient (Wildman–Crippen LogP) is 4.91. The van der Waals surface area contributed by atoms with E-state index in [-0.39, 0.29) is 0 Å². The SMILES string of the molecule is CCOC(=O)c1nsc(C)c1Nc1ccc(-c2ccc(C#N)cc2)cc1. The average molecular weight is 363 g/mol. The first-order valence-corrected chi connectivity index (χ1v) is 8.90. The molecule has 2 aromatic carbocycles. The Kier molecular flexibility index (Phi) is 5.30. The molecule has 0 aliphatic rings. The van der Waals surface area contributed by atoms with Crippen LogP contribution in [0.1, 0.15) is 27.9 Å². The van der Waals surface area contributed by atoms with Crippen molar-refractivity contribution < 1.29 is 9.53 Å². The first kappa shape index (κ1) is 17.6. The maximum atomic E-state index is 12.0. The second-order valence-corrected chi connectivity index (χ2v) is 6.55. The number of aryl methyl sites for hydroxylation is 1. The van der Waals surface area contributed by atoms with Crippen LogP contribution in [0.15, 0.2) is 48.5 Å². The zero-order valence-electron chi connectivity index (χ0n) is 14.4. The summed E-state index contributed by atoms with van der Waals surface area (Å²) in [5.74, 6) is -0.423. The first-order valence-electron chi connectivity index (χ1n) is 8.13. The van der Waals surface area contributed by atoms with E-state index in [1.165, 1.54) is 11.5 Å². The van der Waals surface area contributed by atoms with Gasteiger partial charge in [-0.2, -0.15) is 9.64 Å². The number of nitrogens with one attached hydrogen (secondary N) is 1. The second kappa shape index (κ2) is 7.81.